The van der Waals surface area contributed by atoms with Crippen LogP contribution in [0.2, 0.25) is 0 Å². The molecule has 1 aromatic heterocycles. The van der Waals surface area contributed by atoms with Crippen molar-refractivity contribution >= 4 is 21.6 Å². The summed E-state index contributed by atoms with van der Waals surface area (Å²) in [6, 6.07) is 3.66. The van der Waals surface area contributed by atoms with Gasteiger partial charge in [-0.25, -0.2) is 9.99 Å². The summed E-state index contributed by atoms with van der Waals surface area (Å²) in [7, 11) is 0. The average Bonchev–Trinajstić information content (AvgIpc) is 2.46. The van der Waals surface area contributed by atoms with Gasteiger partial charge in [-0.3, -0.25) is 0 Å². The lowest BCUT2D eigenvalue weighted by molar-refractivity contribution is 0.880. The fourth-order valence-electron chi connectivity index (χ4n) is 1.30. The lowest BCUT2D eigenvalue weighted by atomic mass is 10.3. The van der Waals surface area contributed by atoms with Crippen LogP contribution in [0.15, 0.2) is 22.0 Å². The minimum atomic E-state index is 0.641. The van der Waals surface area contributed by atoms with Crippen molar-refractivity contribution in [1.29, 1.82) is 0 Å². The Morgan fingerprint density at radius 2 is 2.42 bits per heavy atom. The number of nitroso groups, excluding NO2 is 1. The first-order valence-corrected chi connectivity index (χ1v) is 4.37. The number of anilines is 1. The Labute approximate surface area is 77.7 Å². The number of hydrogen-bond donors (Lipinski definition) is 0. The molecule has 0 bridgehead atoms. The van der Waals surface area contributed by atoms with Crippen LogP contribution in [0.1, 0.15) is 5.69 Å². The molecule has 0 amide bonds. The van der Waals surface area contributed by atoms with Gasteiger partial charge in [0.25, 0.3) is 0 Å². The predicted octanol–water partition coefficient (Wildman–Crippen LogP) is 1.89. The smallest absolute Gasteiger partial charge is 0.106 e. The van der Waals surface area contributed by atoms with Gasteiger partial charge in [-0.15, -0.1) is 4.91 Å². The van der Waals surface area contributed by atoms with Crippen LogP contribution in [0.5, 0.6) is 0 Å². The first kappa shape index (κ1) is 7.67. The van der Waals surface area contributed by atoms with Crippen molar-refractivity contribution in [3.05, 3.63) is 27.3 Å². The summed E-state index contributed by atoms with van der Waals surface area (Å²) in [6.45, 7) is 0.641. The van der Waals surface area contributed by atoms with E-state index in [-0.39, 0.29) is 0 Å². The molecule has 2 rings (SSSR count). The molecule has 0 saturated heterocycles. The molecular weight excluding hydrogens is 222 g/mol. The summed E-state index contributed by atoms with van der Waals surface area (Å²) < 4.78 is 0.800. The minimum Gasteiger partial charge on any atom is -0.244 e. The Morgan fingerprint density at radius 3 is 3.17 bits per heavy atom. The van der Waals surface area contributed by atoms with Gasteiger partial charge in [0.2, 0.25) is 0 Å². The van der Waals surface area contributed by atoms with E-state index in [1.807, 2.05) is 12.1 Å². The monoisotopic (exact) mass is 227 g/mol. The van der Waals surface area contributed by atoms with Gasteiger partial charge in [-0.2, -0.15) is 0 Å². The number of aromatic nitrogens is 1. The van der Waals surface area contributed by atoms with Gasteiger partial charge in [0.05, 0.1) is 23.2 Å². The molecule has 0 radical (unpaired) electrons. The van der Waals surface area contributed by atoms with Crippen molar-refractivity contribution in [3.8, 4) is 0 Å². The maximum Gasteiger partial charge on any atom is 0.106 e. The number of hydrogen-bond acceptors (Lipinski definition) is 3. The highest BCUT2D eigenvalue weighted by molar-refractivity contribution is 9.10. The normalized spacial score (nSPS) is 14.6. The molecule has 62 valence electrons. The van der Waals surface area contributed by atoms with E-state index in [1.54, 1.807) is 0 Å². The molecule has 0 spiro atoms. The van der Waals surface area contributed by atoms with E-state index in [4.69, 9.17) is 0 Å². The topological polar surface area (TPSA) is 45.6 Å². The van der Waals surface area contributed by atoms with Crippen LogP contribution in [0.4, 0.5) is 5.69 Å². The molecule has 0 N–H and O–H groups in total. The molecule has 1 aliphatic heterocycles. The summed E-state index contributed by atoms with van der Waals surface area (Å²) in [5.74, 6) is 0. The van der Waals surface area contributed by atoms with Gasteiger partial charge in [0, 0.05) is 6.42 Å². The molecule has 0 aliphatic carbocycles. The lowest BCUT2D eigenvalue weighted by Crippen LogP contribution is -2.10. The predicted molar refractivity (Wildman–Crippen MR) is 48.8 cm³/mol. The molecule has 0 atom stereocenters. The van der Waals surface area contributed by atoms with E-state index in [9.17, 15) is 4.91 Å². The fraction of sp³-hybridized carbons (Fsp3) is 0.286. The number of halogens is 1. The summed E-state index contributed by atoms with van der Waals surface area (Å²) >= 11 is 3.27. The van der Waals surface area contributed by atoms with E-state index in [2.05, 4.69) is 26.2 Å². The summed E-state index contributed by atoms with van der Waals surface area (Å²) in [6.07, 6.45) is 0.792. The fourth-order valence-corrected chi connectivity index (χ4v) is 1.65. The second kappa shape index (κ2) is 2.82. The summed E-state index contributed by atoms with van der Waals surface area (Å²) in [5, 5.41) is 4.31. The zero-order valence-electron chi connectivity index (χ0n) is 6.20. The molecular formula is C7H6BrN3O. The largest absolute Gasteiger partial charge is 0.244 e. The maximum atomic E-state index is 10.3. The molecule has 1 aromatic rings. The Hall–Kier alpha value is -0.970. The average molecular weight is 228 g/mol. The first-order valence-electron chi connectivity index (χ1n) is 3.57. The second-order valence-electron chi connectivity index (χ2n) is 2.55. The van der Waals surface area contributed by atoms with Crippen molar-refractivity contribution in [2.24, 2.45) is 5.29 Å². The van der Waals surface area contributed by atoms with Crippen molar-refractivity contribution < 1.29 is 0 Å². The number of nitrogens with zero attached hydrogens (tertiary/aromatic N) is 3. The third-order valence-electron chi connectivity index (χ3n) is 1.85. The van der Waals surface area contributed by atoms with Gasteiger partial charge in [0.15, 0.2) is 0 Å². The van der Waals surface area contributed by atoms with Crippen LogP contribution in [-0.4, -0.2) is 11.5 Å². The zero-order valence-corrected chi connectivity index (χ0v) is 7.78. The van der Waals surface area contributed by atoms with E-state index in [0.717, 1.165) is 22.4 Å². The van der Waals surface area contributed by atoms with Crippen LogP contribution >= 0.6 is 15.9 Å². The van der Waals surface area contributed by atoms with E-state index < -0.39 is 0 Å². The van der Waals surface area contributed by atoms with Crippen molar-refractivity contribution in [2.45, 2.75) is 6.42 Å². The number of fused-ring (bicyclic) bond motifs is 1. The Balaban J connectivity index is 2.47. The van der Waals surface area contributed by atoms with Crippen molar-refractivity contribution in [2.75, 3.05) is 11.6 Å². The zero-order chi connectivity index (χ0) is 8.55. The quantitative estimate of drug-likeness (QED) is 0.544. The van der Waals surface area contributed by atoms with Crippen molar-refractivity contribution in [3.63, 3.8) is 0 Å². The van der Waals surface area contributed by atoms with Crippen LogP contribution < -0.4 is 5.01 Å². The van der Waals surface area contributed by atoms with Crippen LogP contribution in [0, 0.1) is 4.91 Å². The van der Waals surface area contributed by atoms with Gasteiger partial charge in [-0.05, 0) is 28.1 Å². The second-order valence-corrected chi connectivity index (χ2v) is 3.37. The van der Waals surface area contributed by atoms with Crippen molar-refractivity contribution in [1.82, 2.24) is 4.98 Å². The molecule has 0 saturated carbocycles. The van der Waals surface area contributed by atoms with Gasteiger partial charge >= 0.3 is 0 Å². The number of rotatable bonds is 1. The maximum absolute atomic E-state index is 10.3. The molecule has 0 fully saturated rings. The SMILES string of the molecule is O=NN1CCc2nc(Br)ccc21. The molecule has 5 heteroatoms. The third kappa shape index (κ3) is 1.10. The lowest BCUT2D eigenvalue weighted by Gasteiger charge is -2.05. The van der Waals surface area contributed by atoms with Crippen LogP contribution in [-0.2, 0) is 6.42 Å². The minimum absolute atomic E-state index is 0.641. The first-order chi connectivity index (χ1) is 5.81. The molecule has 0 aromatic carbocycles. The Morgan fingerprint density at radius 1 is 1.58 bits per heavy atom. The van der Waals surface area contributed by atoms with E-state index in [0.29, 0.717) is 6.54 Å². The molecule has 4 nitrogen and oxygen atoms in total. The van der Waals surface area contributed by atoms with Gasteiger partial charge < -0.3 is 0 Å². The molecule has 1 aliphatic rings. The molecule has 2 heterocycles. The van der Waals surface area contributed by atoms with E-state index >= 15 is 0 Å². The summed E-state index contributed by atoms with van der Waals surface area (Å²) in [5.41, 5.74) is 1.76. The highest BCUT2D eigenvalue weighted by Gasteiger charge is 2.20. The van der Waals surface area contributed by atoms with Crippen LogP contribution in [0.3, 0.4) is 0 Å². The third-order valence-corrected chi connectivity index (χ3v) is 2.29. The summed E-state index contributed by atoms with van der Waals surface area (Å²) in [4.78, 5) is 14.5. The molecule has 0 unspecified atom stereocenters. The highest BCUT2D eigenvalue weighted by Crippen LogP contribution is 2.27. The Bertz CT molecular complexity index is 328. The standard InChI is InChI=1S/C7H6BrN3O/c8-7-2-1-6-5(9-7)3-4-11(6)10-12/h1-2H,3-4H2. The number of pyridine rings is 1. The van der Waals surface area contributed by atoms with Crippen LogP contribution in [0.25, 0.3) is 0 Å². The highest BCUT2D eigenvalue weighted by atomic mass is 79.9. The Kier molecular flexibility index (Phi) is 1.80. The van der Waals surface area contributed by atoms with Gasteiger partial charge in [-0.1, -0.05) is 0 Å². The molecule has 12 heavy (non-hydrogen) atoms. The van der Waals surface area contributed by atoms with Gasteiger partial charge in [0.1, 0.15) is 4.60 Å². The van der Waals surface area contributed by atoms with E-state index in [1.165, 1.54) is 5.01 Å².